The minimum atomic E-state index is -0.462. The number of anilines is 1. The predicted molar refractivity (Wildman–Crippen MR) is 108 cm³/mol. The Morgan fingerprint density at radius 2 is 1.89 bits per heavy atom. The van der Waals surface area contributed by atoms with Gasteiger partial charge in [0.05, 0.1) is 10.2 Å². The van der Waals surface area contributed by atoms with Gasteiger partial charge in [0, 0.05) is 23.5 Å². The maximum absolute atomic E-state index is 12.6. The number of carbonyl (C=O) groups is 1. The molecule has 0 aliphatic carbocycles. The van der Waals surface area contributed by atoms with E-state index in [-0.39, 0.29) is 11.6 Å². The van der Waals surface area contributed by atoms with Gasteiger partial charge in [0.1, 0.15) is 5.82 Å². The minimum absolute atomic E-state index is 0.00985. The quantitative estimate of drug-likeness (QED) is 0.384. The molecule has 28 heavy (non-hydrogen) atoms. The van der Waals surface area contributed by atoms with Crippen LogP contribution in [0.4, 0.5) is 11.4 Å². The number of amides is 1. The van der Waals surface area contributed by atoms with E-state index in [0.29, 0.717) is 16.4 Å². The van der Waals surface area contributed by atoms with Crippen molar-refractivity contribution in [2.75, 3.05) is 5.32 Å². The van der Waals surface area contributed by atoms with E-state index < -0.39 is 10.2 Å². The Morgan fingerprint density at radius 3 is 2.54 bits per heavy atom. The summed E-state index contributed by atoms with van der Waals surface area (Å²) in [7, 11) is 0. The lowest BCUT2D eigenvalue weighted by atomic mass is 10.2. The fraction of sp³-hybridized carbons (Fsp3) is 0.211. The number of nitrogens with zero attached hydrogens (tertiary/aromatic N) is 4. The van der Waals surface area contributed by atoms with Gasteiger partial charge in [-0.3, -0.25) is 19.5 Å². The highest BCUT2D eigenvalue weighted by Crippen LogP contribution is 2.27. The number of hydrogen-bond donors (Lipinski definition) is 1. The number of hydrogen-bond acceptors (Lipinski definition) is 6. The molecule has 3 rings (SSSR count). The maximum atomic E-state index is 12.6. The zero-order valence-corrected chi connectivity index (χ0v) is 16.4. The minimum Gasteiger partial charge on any atom is -0.325 e. The molecule has 3 aromatic rings. The molecule has 0 saturated heterocycles. The largest absolute Gasteiger partial charge is 0.325 e. The summed E-state index contributed by atoms with van der Waals surface area (Å²) < 4.78 is 1.89. The number of aryl methyl sites for hydroxylation is 2. The average molecular weight is 397 g/mol. The predicted octanol–water partition coefficient (Wildman–Crippen LogP) is 3.91. The van der Waals surface area contributed by atoms with E-state index in [1.165, 1.54) is 23.9 Å². The van der Waals surface area contributed by atoms with Crippen molar-refractivity contribution in [1.29, 1.82) is 0 Å². The average Bonchev–Trinajstić information content (AvgIpc) is 3.03. The second-order valence-electron chi connectivity index (χ2n) is 6.21. The molecular weight excluding hydrogens is 378 g/mol. The second kappa shape index (κ2) is 8.22. The summed E-state index contributed by atoms with van der Waals surface area (Å²) in [4.78, 5) is 23.0. The van der Waals surface area contributed by atoms with E-state index >= 15 is 0 Å². The summed E-state index contributed by atoms with van der Waals surface area (Å²) in [6, 6.07) is 14.0. The molecule has 0 aliphatic heterocycles. The van der Waals surface area contributed by atoms with Gasteiger partial charge in [-0.2, -0.15) is 0 Å². The first-order valence-corrected chi connectivity index (χ1v) is 9.45. The summed E-state index contributed by atoms with van der Waals surface area (Å²) in [6.07, 6.45) is 0. The molecule has 1 N–H and O–H groups in total. The van der Waals surface area contributed by atoms with Crippen LogP contribution in [0.5, 0.6) is 0 Å². The molecule has 9 heteroatoms. The topological polar surface area (TPSA) is 103 Å². The maximum Gasteiger partial charge on any atom is 0.269 e. The molecule has 144 valence electrons. The summed E-state index contributed by atoms with van der Waals surface area (Å²) in [6.45, 7) is 5.35. The van der Waals surface area contributed by atoms with E-state index in [4.69, 9.17) is 0 Å². The zero-order chi connectivity index (χ0) is 20.3. The van der Waals surface area contributed by atoms with Crippen molar-refractivity contribution < 1.29 is 9.72 Å². The number of rotatable bonds is 6. The molecule has 1 aromatic heterocycles. The Balaban J connectivity index is 1.75. The van der Waals surface area contributed by atoms with Gasteiger partial charge in [-0.1, -0.05) is 30.0 Å². The van der Waals surface area contributed by atoms with E-state index in [0.717, 1.165) is 11.5 Å². The van der Waals surface area contributed by atoms with Gasteiger partial charge < -0.3 is 5.32 Å². The molecule has 0 radical (unpaired) electrons. The molecule has 1 amide bonds. The summed E-state index contributed by atoms with van der Waals surface area (Å²) in [5.74, 6) is 0.509. The number of aromatic nitrogens is 3. The van der Waals surface area contributed by atoms with Gasteiger partial charge in [0.2, 0.25) is 5.91 Å². The fourth-order valence-corrected chi connectivity index (χ4v) is 3.55. The molecular formula is C19H19N5O3S. The normalized spacial score (nSPS) is 11.8. The molecule has 1 atom stereocenters. The highest BCUT2D eigenvalue weighted by atomic mass is 32.2. The number of non-ortho nitro benzene ring substituents is 1. The number of nitro groups is 1. The van der Waals surface area contributed by atoms with Crippen LogP contribution in [0.3, 0.4) is 0 Å². The molecule has 2 aromatic carbocycles. The number of para-hydroxylation sites is 1. The Labute approximate surface area is 166 Å². The van der Waals surface area contributed by atoms with Crippen LogP contribution in [-0.4, -0.2) is 30.8 Å². The first-order valence-electron chi connectivity index (χ1n) is 8.57. The van der Waals surface area contributed by atoms with Crippen molar-refractivity contribution in [2.24, 2.45) is 0 Å². The number of thioether (sulfide) groups is 1. The van der Waals surface area contributed by atoms with Crippen molar-refractivity contribution in [3.05, 3.63) is 70.0 Å². The van der Waals surface area contributed by atoms with Crippen LogP contribution < -0.4 is 5.32 Å². The summed E-state index contributed by atoms with van der Waals surface area (Å²) >= 11 is 1.30. The van der Waals surface area contributed by atoms with Crippen molar-refractivity contribution in [1.82, 2.24) is 14.8 Å². The van der Waals surface area contributed by atoms with Crippen molar-refractivity contribution >= 4 is 29.0 Å². The van der Waals surface area contributed by atoms with Gasteiger partial charge in [-0.15, -0.1) is 10.2 Å². The smallest absolute Gasteiger partial charge is 0.269 e. The molecule has 0 aliphatic rings. The van der Waals surface area contributed by atoms with E-state index in [9.17, 15) is 14.9 Å². The third-order valence-electron chi connectivity index (χ3n) is 4.14. The van der Waals surface area contributed by atoms with Gasteiger partial charge in [0.15, 0.2) is 5.16 Å². The van der Waals surface area contributed by atoms with Gasteiger partial charge in [0.25, 0.3) is 5.69 Å². The first kappa shape index (κ1) is 19.6. The number of nitro benzene ring substituents is 1. The lowest BCUT2D eigenvalue weighted by molar-refractivity contribution is -0.384. The Hall–Kier alpha value is -3.20. The van der Waals surface area contributed by atoms with Gasteiger partial charge in [-0.05, 0) is 44.5 Å². The molecule has 0 fully saturated rings. The summed E-state index contributed by atoms with van der Waals surface area (Å²) in [5.41, 5.74) is 2.09. The van der Waals surface area contributed by atoms with Crippen LogP contribution in [-0.2, 0) is 4.79 Å². The van der Waals surface area contributed by atoms with Gasteiger partial charge >= 0.3 is 0 Å². The molecule has 1 heterocycles. The van der Waals surface area contributed by atoms with Crippen LogP contribution in [0.25, 0.3) is 5.69 Å². The lowest BCUT2D eigenvalue weighted by Crippen LogP contribution is -2.23. The van der Waals surface area contributed by atoms with Crippen LogP contribution in [0.1, 0.15) is 18.3 Å². The second-order valence-corrected chi connectivity index (χ2v) is 7.51. The van der Waals surface area contributed by atoms with E-state index in [2.05, 4.69) is 15.5 Å². The van der Waals surface area contributed by atoms with Crippen molar-refractivity contribution in [3.63, 3.8) is 0 Å². The van der Waals surface area contributed by atoms with Crippen LogP contribution >= 0.6 is 11.8 Å². The molecule has 8 nitrogen and oxygen atoms in total. The third-order valence-corrected chi connectivity index (χ3v) is 5.18. The van der Waals surface area contributed by atoms with Crippen molar-refractivity contribution in [2.45, 2.75) is 31.2 Å². The Morgan fingerprint density at radius 1 is 1.18 bits per heavy atom. The monoisotopic (exact) mass is 397 g/mol. The molecule has 0 saturated carbocycles. The summed E-state index contributed by atoms with van der Waals surface area (Å²) in [5, 5.41) is 22.2. The number of benzene rings is 2. The van der Waals surface area contributed by atoms with Crippen LogP contribution in [0.15, 0.2) is 53.7 Å². The van der Waals surface area contributed by atoms with Crippen molar-refractivity contribution in [3.8, 4) is 5.69 Å². The highest BCUT2D eigenvalue weighted by molar-refractivity contribution is 8.00. The number of carbonyl (C=O) groups excluding carboxylic acids is 1. The fourth-order valence-electron chi connectivity index (χ4n) is 2.64. The van der Waals surface area contributed by atoms with Gasteiger partial charge in [-0.25, -0.2) is 0 Å². The van der Waals surface area contributed by atoms with Crippen LogP contribution in [0, 0.1) is 24.0 Å². The lowest BCUT2D eigenvalue weighted by Gasteiger charge is -2.14. The number of nitrogens with one attached hydrogen (secondary N) is 1. The SMILES string of the molecule is Cc1cc([N+](=O)[O-])ccc1NC(=O)[C@@H](C)Sc1nnc(C)n1-c1ccccc1. The molecule has 0 unspecified atom stereocenters. The Bertz CT molecular complexity index is 1020. The van der Waals surface area contributed by atoms with Crippen LogP contribution in [0.2, 0.25) is 0 Å². The third kappa shape index (κ3) is 4.20. The molecule has 0 spiro atoms. The standard InChI is InChI=1S/C19H19N5O3S/c1-12-11-16(24(26)27)9-10-17(12)20-18(25)13(2)28-19-22-21-14(3)23(19)15-7-5-4-6-8-15/h4-11,13H,1-3H3,(H,20,25)/t13-/m1/s1. The Kier molecular flexibility index (Phi) is 5.74. The molecule has 0 bridgehead atoms. The van der Waals surface area contributed by atoms with E-state index in [1.54, 1.807) is 19.9 Å². The highest BCUT2D eigenvalue weighted by Gasteiger charge is 2.21. The van der Waals surface area contributed by atoms with E-state index in [1.807, 2.05) is 41.8 Å². The first-order chi connectivity index (χ1) is 13.4. The zero-order valence-electron chi connectivity index (χ0n) is 15.6.